The molecule has 0 spiro atoms. The zero-order chi connectivity index (χ0) is 8.81. The summed E-state index contributed by atoms with van der Waals surface area (Å²) in [6, 6.07) is 7.66. The van der Waals surface area contributed by atoms with Crippen LogP contribution in [0, 0.1) is 0 Å². The molecule has 0 heterocycles. The van der Waals surface area contributed by atoms with Crippen molar-refractivity contribution in [3.8, 4) is 5.75 Å². The Labute approximate surface area is 78.4 Å². The van der Waals surface area contributed by atoms with E-state index in [0.29, 0.717) is 0 Å². The van der Waals surface area contributed by atoms with E-state index >= 15 is 0 Å². The number of hydrogen-bond donors (Lipinski definition) is 0. The van der Waals surface area contributed by atoms with E-state index in [4.69, 9.17) is 20.7 Å². The van der Waals surface area contributed by atoms with Gasteiger partial charge in [0.1, 0.15) is 5.75 Å². The summed E-state index contributed by atoms with van der Waals surface area (Å²) in [5, 5.41) is 1.01. The van der Waals surface area contributed by atoms with Gasteiger partial charge in [0.15, 0.2) is 6.79 Å². The lowest BCUT2D eigenvalue weighted by atomic mass is 10.3. The van der Waals surface area contributed by atoms with E-state index in [2.05, 4.69) is 0 Å². The maximum Gasteiger partial charge on any atom is 0.188 e. The van der Waals surface area contributed by atoms with Crippen molar-refractivity contribution >= 4 is 24.5 Å². The van der Waals surface area contributed by atoms with Gasteiger partial charge < -0.3 is 9.47 Å². The minimum atomic E-state index is 0.232. The zero-order valence-electron chi connectivity index (χ0n) is 6.71. The first kappa shape index (κ1) is 9.79. The van der Waals surface area contributed by atoms with E-state index in [0.717, 1.165) is 11.1 Å². The van der Waals surface area contributed by atoms with Crippen LogP contribution in [0.2, 0.25) is 0 Å². The van der Waals surface area contributed by atoms with Crippen LogP contribution in [0.15, 0.2) is 24.3 Å². The molecule has 1 aromatic rings. The van der Waals surface area contributed by atoms with Gasteiger partial charge in [0.05, 0.1) is 0 Å². The van der Waals surface area contributed by atoms with Crippen molar-refractivity contribution < 1.29 is 9.47 Å². The number of para-hydroxylation sites is 1. The molecule has 0 saturated carbocycles. The second-order valence-electron chi connectivity index (χ2n) is 2.14. The number of hydrogen-bond acceptors (Lipinski definition) is 2. The van der Waals surface area contributed by atoms with Gasteiger partial charge in [-0.2, -0.15) is 0 Å². The van der Waals surface area contributed by atoms with Crippen molar-refractivity contribution in [2.45, 2.75) is 0 Å². The molecule has 0 amide bonds. The van der Waals surface area contributed by atoms with Gasteiger partial charge in [0, 0.05) is 20.3 Å². The van der Waals surface area contributed by atoms with Crippen LogP contribution in [-0.2, 0) is 4.74 Å². The van der Waals surface area contributed by atoms with Gasteiger partial charge in [-0.3, -0.25) is 0 Å². The molecule has 1 atom stereocenters. The zero-order valence-corrected chi connectivity index (χ0v) is 8.47. The smallest absolute Gasteiger partial charge is 0.188 e. The fourth-order valence-corrected chi connectivity index (χ4v) is 1.67. The molecule has 0 aliphatic rings. The molecule has 0 aliphatic heterocycles. The maximum atomic E-state index is 5.72. The Morgan fingerprint density at radius 1 is 1.42 bits per heavy atom. The molecule has 12 heavy (non-hydrogen) atoms. The molecular weight excluding hydrogens is 195 g/mol. The quantitative estimate of drug-likeness (QED) is 0.553. The topological polar surface area (TPSA) is 18.5 Å². The first-order chi connectivity index (χ1) is 5.88. The highest BCUT2D eigenvalue weighted by atomic mass is 35.7. The summed E-state index contributed by atoms with van der Waals surface area (Å²) in [7, 11) is 1.82. The SMILES string of the molecule is COCOc1ccccc1PCl. The minimum absolute atomic E-state index is 0.232. The summed E-state index contributed by atoms with van der Waals surface area (Å²) >= 11 is 5.72. The lowest BCUT2D eigenvalue weighted by Crippen LogP contribution is -2.05. The highest BCUT2D eigenvalue weighted by Gasteiger charge is 1.99. The van der Waals surface area contributed by atoms with Gasteiger partial charge >= 0.3 is 0 Å². The second kappa shape index (κ2) is 5.36. The van der Waals surface area contributed by atoms with Gasteiger partial charge in [-0.05, 0) is 12.1 Å². The molecule has 0 N–H and O–H groups in total. The summed E-state index contributed by atoms with van der Waals surface area (Å²) in [6.45, 7) is 0.262. The Balaban J connectivity index is 2.68. The predicted octanol–water partition coefficient (Wildman–Crippen LogP) is 2.13. The summed E-state index contributed by atoms with van der Waals surface area (Å²) in [5.41, 5.74) is 0. The van der Waals surface area contributed by atoms with Crippen molar-refractivity contribution in [1.82, 2.24) is 0 Å². The lowest BCUT2D eigenvalue weighted by molar-refractivity contribution is 0.0519. The van der Waals surface area contributed by atoms with Crippen LogP contribution in [0.5, 0.6) is 5.75 Å². The highest BCUT2D eigenvalue weighted by molar-refractivity contribution is 7.75. The molecule has 1 unspecified atom stereocenters. The van der Waals surface area contributed by atoms with Gasteiger partial charge in [0.2, 0.25) is 0 Å². The Bertz CT molecular complexity index is 242. The summed E-state index contributed by atoms with van der Waals surface area (Å²) in [5.74, 6) is 0.799. The molecule has 2 nitrogen and oxygen atoms in total. The molecule has 0 aromatic heterocycles. The third-order valence-electron chi connectivity index (χ3n) is 1.32. The first-order valence-electron chi connectivity index (χ1n) is 3.46. The van der Waals surface area contributed by atoms with Crippen molar-refractivity contribution in [2.24, 2.45) is 0 Å². The van der Waals surface area contributed by atoms with Crippen LogP contribution >= 0.6 is 19.2 Å². The fourth-order valence-electron chi connectivity index (χ4n) is 0.793. The van der Waals surface area contributed by atoms with Gasteiger partial charge in [-0.25, -0.2) is 0 Å². The Hall–Kier alpha value is -0.300. The largest absolute Gasteiger partial charge is 0.467 e. The van der Waals surface area contributed by atoms with Crippen LogP contribution in [0.1, 0.15) is 0 Å². The number of benzene rings is 1. The molecule has 4 heteroatoms. The van der Waals surface area contributed by atoms with E-state index in [1.54, 1.807) is 7.11 Å². The summed E-state index contributed by atoms with van der Waals surface area (Å²) in [4.78, 5) is 0. The molecule has 1 aromatic carbocycles. The fraction of sp³-hybridized carbons (Fsp3) is 0.250. The standard InChI is InChI=1S/C8H10ClO2P/c1-10-6-11-7-4-2-3-5-8(7)12-9/h2-5,12H,6H2,1H3. The summed E-state index contributed by atoms with van der Waals surface area (Å²) < 4.78 is 10.1. The molecule has 0 aliphatic carbocycles. The number of methoxy groups -OCH3 is 1. The number of halogens is 1. The Morgan fingerprint density at radius 3 is 2.83 bits per heavy atom. The molecular formula is C8H10ClO2P. The maximum absolute atomic E-state index is 5.72. The van der Waals surface area contributed by atoms with Gasteiger partial charge in [-0.1, -0.05) is 23.4 Å². The van der Waals surface area contributed by atoms with Crippen molar-refractivity contribution in [3.05, 3.63) is 24.3 Å². The van der Waals surface area contributed by atoms with Crippen molar-refractivity contribution in [2.75, 3.05) is 13.9 Å². The van der Waals surface area contributed by atoms with Crippen LogP contribution < -0.4 is 10.0 Å². The van der Waals surface area contributed by atoms with E-state index in [9.17, 15) is 0 Å². The molecule has 1 rings (SSSR count). The van der Waals surface area contributed by atoms with E-state index < -0.39 is 0 Å². The summed E-state index contributed by atoms with van der Waals surface area (Å²) in [6.07, 6.45) is 0. The molecule has 0 radical (unpaired) electrons. The van der Waals surface area contributed by atoms with Crippen LogP contribution in [0.3, 0.4) is 0 Å². The van der Waals surface area contributed by atoms with Gasteiger partial charge in [-0.15, -0.1) is 0 Å². The average molecular weight is 205 g/mol. The Morgan fingerprint density at radius 2 is 2.17 bits per heavy atom. The normalized spacial score (nSPS) is 10.8. The third kappa shape index (κ3) is 2.63. The van der Waals surface area contributed by atoms with E-state index in [1.165, 1.54) is 0 Å². The molecule has 0 saturated heterocycles. The van der Waals surface area contributed by atoms with Crippen molar-refractivity contribution in [1.29, 1.82) is 0 Å². The van der Waals surface area contributed by atoms with Crippen molar-refractivity contribution in [3.63, 3.8) is 0 Å². The average Bonchev–Trinajstić information content (AvgIpc) is 2.15. The molecule has 0 fully saturated rings. The number of ether oxygens (including phenoxy) is 2. The van der Waals surface area contributed by atoms with Crippen LogP contribution in [0.25, 0.3) is 0 Å². The van der Waals surface area contributed by atoms with E-state index in [1.807, 2.05) is 24.3 Å². The first-order valence-corrected chi connectivity index (χ1v) is 5.47. The van der Waals surface area contributed by atoms with Gasteiger partial charge in [0.25, 0.3) is 0 Å². The highest BCUT2D eigenvalue weighted by Crippen LogP contribution is 2.22. The minimum Gasteiger partial charge on any atom is -0.467 e. The number of rotatable bonds is 4. The van der Waals surface area contributed by atoms with Crippen LogP contribution in [-0.4, -0.2) is 13.9 Å². The molecule has 66 valence electrons. The Kier molecular flexibility index (Phi) is 4.37. The van der Waals surface area contributed by atoms with E-state index in [-0.39, 0.29) is 14.7 Å². The third-order valence-corrected chi connectivity index (χ3v) is 2.55. The van der Waals surface area contributed by atoms with Crippen LogP contribution in [0.4, 0.5) is 0 Å². The predicted molar refractivity (Wildman–Crippen MR) is 52.7 cm³/mol. The second-order valence-corrected chi connectivity index (χ2v) is 3.44. The monoisotopic (exact) mass is 204 g/mol. The molecule has 0 bridgehead atoms. The lowest BCUT2D eigenvalue weighted by Gasteiger charge is -2.07.